The van der Waals surface area contributed by atoms with E-state index < -0.39 is 6.10 Å². The molecule has 18 heavy (non-hydrogen) atoms. The number of benzene rings is 1. The maximum Gasteiger partial charge on any atom is 0.237 e. The summed E-state index contributed by atoms with van der Waals surface area (Å²) < 4.78 is 12.7. The van der Waals surface area contributed by atoms with Gasteiger partial charge < -0.3 is 15.7 Å². The molecular formula is C13H17FN2O2. The minimum Gasteiger partial charge on any atom is -0.387 e. The summed E-state index contributed by atoms with van der Waals surface area (Å²) >= 11 is 0. The fourth-order valence-corrected chi connectivity index (χ4v) is 2.03. The van der Waals surface area contributed by atoms with Crippen LogP contribution in [0.25, 0.3) is 0 Å². The molecule has 1 aromatic carbocycles. The van der Waals surface area contributed by atoms with Crippen LogP contribution in [0, 0.1) is 5.82 Å². The van der Waals surface area contributed by atoms with E-state index in [1.54, 1.807) is 0 Å². The van der Waals surface area contributed by atoms with E-state index in [0.29, 0.717) is 5.56 Å². The molecule has 1 heterocycles. The van der Waals surface area contributed by atoms with Gasteiger partial charge in [-0.15, -0.1) is 0 Å². The zero-order valence-electron chi connectivity index (χ0n) is 10.0. The summed E-state index contributed by atoms with van der Waals surface area (Å²) in [6.07, 6.45) is 1.02. The van der Waals surface area contributed by atoms with E-state index >= 15 is 0 Å². The molecule has 98 valence electrons. The lowest BCUT2D eigenvalue weighted by Gasteiger charge is -2.15. The highest BCUT2D eigenvalue weighted by Crippen LogP contribution is 2.12. The normalized spacial score (nSPS) is 20.7. The molecule has 2 atom stereocenters. The Morgan fingerprint density at radius 2 is 2.22 bits per heavy atom. The van der Waals surface area contributed by atoms with Gasteiger partial charge in [-0.25, -0.2) is 4.39 Å². The zero-order chi connectivity index (χ0) is 13.0. The second-order valence-corrected chi connectivity index (χ2v) is 4.46. The molecule has 0 saturated carbocycles. The van der Waals surface area contributed by atoms with Gasteiger partial charge in [0.1, 0.15) is 5.82 Å². The first-order valence-corrected chi connectivity index (χ1v) is 6.11. The largest absolute Gasteiger partial charge is 0.387 e. The summed E-state index contributed by atoms with van der Waals surface area (Å²) in [4.78, 5) is 11.7. The first-order valence-electron chi connectivity index (χ1n) is 6.11. The van der Waals surface area contributed by atoms with Gasteiger partial charge in [0, 0.05) is 6.54 Å². The minimum atomic E-state index is -0.809. The van der Waals surface area contributed by atoms with Crippen LogP contribution in [-0.4, -0.2) is 30.1 Å². The van der Waals surface area contributed by atoms with Crippen LogP contribution in [-0.2, 0) is 4.79 Å². The van der Waals surface area contributed by atoms with Crippen LogP contribution in [0.5, 0.6) is 0 Å². The Hall–Kier alpha value is -1.46. The molecule has 5 heteroatoms. The highest BCUT2D eigenvalue weighted by molar-refractivity contribution is 5.82. The quantitative estimate of drug-likeness (QED) is 0.740. The smallest absolute Gasteiger partial charge is 0.237 e. The lowest BCUT2D eigenvalue weighted by Crippen LogP contribution is -2.41. The Labute approximate surface area is 105 Å². The summed E-state index contributed by atoms with van der Waals surface area (Å²) in [5.74, 6) is -0.432. The Bertz CT molecular complexity index is 402. The second-order valence-electron chi connectivity index (χ2n) is 4.46. The molecule has 0 radical (unpaired) electrons. The van der Waals surface area contributed by atoms with Crippen molar-refractivity contribution in [2.45, 2.75) is 25.0 Å². The molecule has 1 fully saturated rings. The topological polar surface area (TPSA) is 61.4 Å². The van der Waals surface area contributed by atoms with Crippen molar-refractivity contribution >= 4 is 5.91 Å². The molecule has 0 aromatic heterocycles. The van der Waals surface area contributed by atoms with Crippen molar-refractivity contribution in [3.8, 4) is 0 Å². The summed E-state index contributed by atoms with van der Waals surface area (Å²) in [6.45, 7) is 1.00. The Morgan fingerprint density at radius 1 is 1.50 bits per heavy atom. The van der Waals surface area contributed by atoms with Crippen molar-refractivity contribution in [3.63, 3.8) is 0 Å². The van der Waals surface area contributed by atoms with E-state index in [-0.39, 0.29) is 24.3 Å². The second kappa shape index (κ2) is 5.93. The number of nitrogens with one attached hydrogen (secondary N) is 2. The average molecular weight is 252 g/mol. The lowest BCUT2D eigenvalue weighted by molar-refractivity contribution is -0.123. The van der Waals surface area contributed by atoms with E-state index in [0.717, 1.165) is 19.4 Å². The van der Waals surface area contributed by atoms with Crippen LogP contribution in [0.2, 0.25) is 0 Å². The highest BCUT2D eigenvalue weighted by Gasteiger charge is 2.22. The fraction of sp³-hybridized carbons (Fsp3) is 0.462. The number of carbonyl (C=O) groups excluding carboxylic acids is 1. The zero-order valence-corrected chi connectivity index (χ0v) is 10.0. The standard InChI is InChI=1S/C13H17FN2O2/c14-10-5-3-9(4-6-10)12(17)8-16-13(18)11-2-1-7-15-11/h3-6,11-12,15,17H,1-2,7-8H2,(H,16,18)/t11-,12+/m1/s1. The number of aliphatic hydroxyl groups excluding tert-OH is 1. The van der Waals surface area contributed by atoms with E-state index in [2.05, 4.69) is 10.6 Å². The van der Waals surface area contributed by atoms with Gasteiger partial charge in [-0.3, -0.25) is 4.79 Å². The third-order valence-corrected chi connectivity index (χ3v) is 3.10. The van der Waals surface area contributed by atoms with Crippen LogP contribution < -0.4 is 10.6 Å². The maximum atomic E-state index is 12.7. The number of hydrogen-bond acceptors (Lipinski definition) is 3. The van der Waals surface area contributed by atoms with Crippen molar-refractivity contribution in [1.29, 1.82) is 0 Å². The Kier molecular flexibility index (Phi) is 4.28. The van der Waals surface area contributed by atoms with Gasteiger partial charge in [-0.05, 0) is 37.1 Å². The monoisotopic (exact) mass is 252 g/mol. The molecule has 1 saturated heterocycles. The molecule has 0 bridgehead atoms. The average Bonchev–Trinajstić information content (AvgIpc) is 2.90. The van der Waals surface area contributed by atoms with Crippen LogP contribution in [0.15, 0.2) is 24.3 Å². The van der Waals surface area contributed by atoms with Crippen LogP contribution in [0.3, 0.4) is 0 Å². The maximum absolute atomic E-state index is 12.7. The third kappa shape index (κ3) is 3.27. The van der Waals surface area contributed by atoms with Crippen LogP contribution >= 0.6 is 0 Å². The van der Waals surface area contributed by atoms with Crippen molar-refractivity contribution < 1.29 is 14.3 Å². The molecular weight excluding hydrogens is 235 g/mol. The van der Waals surface area contributed by atoms with Gasteiger partial charge in [0.25, 0.3) is 0 Å². The number of amides is 1. The first kappa shape index (κ1) is 13.0. The fourth-order valence-electron chi connectivity index (χ4n) is 2.03. The molecule has 0 aliphatic carbocycles. The molecule has 2 rings (SSSR count). The van der Waals surface area contributed by atoms with E-state index in [4.69, 9.17) is 0 Å². The predicted molar refractivity (Wildman–Crippen MR) is 65.4 cm³/mol. The minimum absolute atomic E-state index is 0.0892. The summed E-state index contributed by atoms with van der Waals surface area (Å²) in [7, 11) is 0. The van der Waals surface area contributed by atoms with Gasteiger partial charge in [-0.2, -0.15) is 0 Å². The number of rotatable bonds is 4. The third-order valence-electron chi connectivity index (χ3n) is 3.10. The lowest BCUT2D eigenvalue weighted by atomic mass is 10.1. The highest BCUT2D eigenvalue weighted by atomic mass is 19.1. The van der Waals surface area contributed by atoms with Gasteiger partial charge in [-0.1, -0.05) is 12.1 Å². The number of halogens is 1. The predicted octanol–water partition coefficient (Wildman–Crippen LogP) is 0.727. The summed E-state index contributed by atoms with van der Waals surface area (Å²) in [5.41, 5.74) is 0.594. The Morgan fingerprint density at radius 3 is 2.83 bits per heavy atom. The number of hydrogen-bond donors (Lipinski definition) is 3. The summed E-state index contributed by atoms with van der Waals surface area (Å²) in [6, 6.07) is 5.46. The van der Waals surface area contributed by atoms with Gasteiger partial charge in [0.05, 0.1) is 12.1 Å². The van der Waals surface area contributed by atoms with Crippen LogP contribution in [0.4, 0.5) is 4.39 Å². The number of carbonyl (C=O) groups is 1. The molecule has 1 aliphatic heterocycles. The molecule has 1 aliphatic rings. The van der Waals surface area contributed by atoms with Gasteiger partial charge in [0.2, 0.25) is 5.91 Å². The molecule has 0 unspecified atom stereocenters. The van der Waals surface area contributed by atoms with Crippen LogP contribution in [0.1, 0.15) is 24.5 Å². The first-order chi connectivity index (χ1) is 8.66. The van der Waals surface area contributed by atoms with Crippen molar-refractivity contribution in [1.82, 2.24) is 10.6 Å². The van der Waals surface area contributed by atoms with E-state index in [1.807, 2.05) is 0 Å². The molecule has 1 amide bonds. The molecule has 3 N–H and O–H groups in total. The van der Waals surface area contributed by atoms with E-state index in [9.17, 15) is 14.3 Å². The molecule has 4 nitrogen and oxygen atoms in total. The van der Waals surface area contributed by atoms with E-state index in [1.165, 1.54) is 24.3 Å². The summed E-state index contributed by atoms with van der Waals surface area (Å²) in [5, 5.41) is 15.6. The van der Waals surface area contributed by atoms with Crippen molar-refractivity contribution in [2.24, 2.45) is 0 Å². The van der Waals surface area contributed by atoms with Gasteiger partial charge in [0.15, 0.2) is 0 Å². The van der Waals surface area contributed by atoms with Crippen molar-refractivity contribution in [3.05, 3.63) is 35.6 Å². The molecule has 1 aromatic rings. The van der Waals surface area contributed by atoms with Gasteiger partial charge >= 0.3 is 0 Å². The molecule has 0 spiro atoms. The van der Waals surface area contributed by atoms with Crippen molar-refractivity contribution in [2.75, 3.05) is 13.1 Å². The SMILES string of the molecule is O=C(NC[C@H](O)c1ccc(F)cc1)[C@H]1CCCN1. The number of aliphatic hydroxyl groups is 1. The Balaban J connectivity index is 1.82.